The highest BCUT2D eigenvalue weighted by Gasteiger charge is 2.15. The lowest BCUT2D eigenvalue weighted by Gasteiger charge is -2.12. The number of benzene rings is 1. The summed E-state index contributed by atoms with van der Waals surface area (Å²) < 4.78 is 4.91. The topological polar surface area (TPSA) is 77.2 Å². The van der Waals surface area contributed by atoms with Gasteiger partial charge in [-0.15, -0.1) is 5.10 Å². The summed E-state index contributed by atoms with van der Waals surface area (Å²) in [5.41, 5.74) is 2.95. The molecule has 3 heterocycles. The molecule has 0 spiro atoms. The van der Waals surface area contributed by atoms with Gasteiger partial charge in [0.2, 0.25) is 0 Å². The summed E-state index contributed by atoms with van der Waals surface area (Å²) >= 11 is 16.1. The van der Waals surface area contributed by atoms with Gasteiger partial charge in [0.05, 0.1) is 16.8 Å². The molecule has 0 aliphatic carbocycles. The maximum absolute atomic E-state index is 6.39. The van der Waals surface area contributed by atoms with Crippen LogP contribution in [0.25, 0.3) is 17.2 Å². The number of unbranched alkanes of at least 4 members (excludes halogenated alkanes) is 1. The van der Waals surface area contributed by atoms with Gasteiger partial charge in [-0.2, -0.15) is 0 Å². The molecule has 29 heavy (non-hydrogen) atoms. The van der Waals surface area contributed by atoms with Crippen molar-refractivity contribution in [3.05, 3.63) is 62.7 Å². The average molecular weight is 495 g/mol. The standard InChI is InChI=1S/C19H18BrCl2N7/c1-2-3-4-16-23-17(21)18(22)28(16)11-12-5-7-13(8-6-12)29-14(9-10-15(29)20)19-24-26-27-25-19/h5-10H,2-4,11H2,1H3,(H,24,25,26,27). The Morgan fingerprint density at radius 2 is 1.90 bits per heavy atom. The molecule has 0 saturated heterocycles. The molecular formula is C19H18BrCl2N7. The van der Waals surface area contributed by atoms with E-state index in [0.29, 0.717) is 22.7 Å². The quantitative estimate of drug-likeness (QED) is 0.377. The minimum atomic E-state index is 0.357. The number of aryl methyl sites for hydroxylation is 1. The van der Waals surface area contributed by atoms with Gasteiger partial charge < -0.3 is 9.13 Å². The lowest BCUT2D eigenvalue weighted by atomic mass is 10.2. The number of tetrazole rings is 1. The summed E-state index contributed by atoms with van der Waals surface area (Å²) in [6, 6.07) is 12.1. The fraction of sp³-hybridized carbons (Fsp3) is 0.263. The van der Waals surface area contributed by atoms with Crippen LogP contribution in [0.2, 0.25) is 10.3 Å². The van der Waals surface area contributed by atoms with Crippen LogP contribution in [-0.4, -0.2) is 34.7 Å². The Balaban J connectivity index is 1.62. The first-order chi connectivity index (χ1) is 14.1. The number of aromatic nitrogens is 7. The Morgan fingerprint density at radius 3 is 2.59 bits per heavy atom. The van der Waals surface area contributed by atoms with E-state index in [2.05, 4.69) is 60.6 Å². The Kier molecular flexibility index (Phi) is 6.03. The van der Waals surface area contributed by atoms with E-state index in [-0.39, 0.29) is 0 Å². The highest BCUT2D eigenvalue weighted by molar-refractivity contribution is 9.10. The minimum absolute atomic E-state index is 0.357. The number of nitrogens with zero attached hydrogens (tertiary/aromatic N) is 6. The molecule has 0 aliphatic rings. The van der Waals surface area contributed by atoms with E-state index in [4.69, 9.17) is 23.2 Å². The van der Waals surface area contributed by atoms with Crippen molar-refractivity contribution >= 4 is 39.1 Å². The zero-order valence-electron chi connectivity index (χ0n) is 15.6. The Labute approximate surface area is 186 Å². The molecule has 0 atom stereocenters. The summed E-state index contributed by atoms with van der Waals surface area (Å²) in [7, 11) is 0. The van der Waals surface area contributed by atoms with E-state index >= 15 is 0 Å². The van der Waals surface area contributed by atoms with Crippen LogP contribution in [0.4, 0.5) is 0 Å². The van der Waals surface area contributed by atoms with Gasteiger partial charge in [0.25, 0.3) is 0 Å². The number of hydrogen-bond donors (Lipinski definition) is 1. The Morgan fingerprint density at radius 1 is 1.10 bits per heavy atom. The smallest absolute Gasteiger partial charge is 0.196 e. The molecule has 10 heteroatoms. The molecule has 4 aromatic rings. The van der Waals surface area contributed by atoms with Crippen molar-refractivity contribution in [2.45, 2.75) is 32.7 Å². The van der Waals surface area contributed by atoms with E-state index in [0.717, 1.165) is 46.6 Å². The highest BCUT2D eigenvalue weighted by Crippen LogP contribution is 2.28. The minimum Gasteiger partial charge on any atom is -0.313 e. The molecule has 0 unspecified atom stereocenters. The largest absolute Gasteiger partial charge is 0.313 e. The highest BCUT2D eigenvalue weighted by atomic mass is 79.9. The predicted molar refractivity (Wildman–Crippen MR) is 117 cm³/mol. The molecule has 0 amide bonds. The van der Waals surface area contributed by atoms with Crippen molar-refractivity contribution < 1.29 is 0 Å². The molecule has 1 N–H and O–H groups in total. The number of nitrogens with one attached hydrogen (secondary N) is 1. The number of hydrogen-bond acceptors (Lipinski definition) is 4. The molecule has 0 bridgehead atoms. The fourth-order valence-electron chi connectivity index (χ4n) is 3.19. The summed E-state index contributed by atoms with van der Waals surface area (Å²) in [4.78, 5) is 4.42. The van der Waals surface area contributed by atoms with Crippen molar-refractivity contribution in [3.63, 3.8) is 0 Å². The van der Waals surface area contributed by atoms with Crippen LogP contribution in [0.15, 0.2) is 41.0 Å². The molecule has 4 rings (SSSR count). The molecule has 150 valence electrons. The number of rotatable bonds is 7. The van der Waals surface area contributed by atoms with Crippen molar-refractivity contribution in [2.75, 3.05) is 0 Å². The monoisotopic (exact) mass is 493 g/mol. The summed E-state index contributed by atoms with van der Waals surface area (Å²) in [5.74, 6) is 1.51. The SMILES string of the molecule is CCCCc1nc(Cl)c(Cl)n1Cc1ccc(-n2c(Br)ccc2-c2nnn[nH]2)cc1. The summed E-state index contributed by atoms with van der Waals surface area (Å²) in [6.07, 6.45) is 2.99. The van der Waals surface area contributed by atoms with Crippen LogP contribution in [0, 0.1) is 0 Å². The first-order valence-electron chi connectivity index (χ1n) is 9.19. The lowest BCUT2D eigenvalue weighted by Crippen LogP contribution is -2.06. The number of H-pyrrole nitrogens is 1. The van der Waals surface area contributed by atoms with E-state index in [1.807, 2.05) is 33.4 Å². The molecule has 1 aromatic carbocycles. The van der Waals surface area contributed by atoms with Gasteiger partial charge >= 0.3 is 0 Å². The van der Waals surface area contributed by atoms with Gasteiger partial charge in [0.15, 0.2) is 11.0 Å². The molecule has 0 fully saturated rings. The first-order valence-corrected chi connectivity index (χ1v) is 10.7. The molecular weight excluding hydrogens is 477 g/mol. The molecule has 0 saturated carbocycles. The second-order valence-corrected chi connectivity index (χ2v) is 8.12. The first kappa shape index (κ1) is 20.1. The van der Waals surface area contributed by atoms with Crippen LogP contribution >= 0.6 is 39.1 Å². The molecule has 7 nitrogen and oxygen atoms in total. The van der Waals surface area contributed by atoms with Crippen molar-refractivity contribution in [2.24, 2.45) is 0 Å². The van der Waals surface area contributed by atoms with Crippen LogP contribution in [0.1, 0.15) is 31.2 Å². The van der Waals surface area contributed by atoms with Gasteiger partial charge in [-0.3, -0.25) is 0 Å². The average Bonchev–Trinajstić information content (AvgIpc) is 3.44. The second-order valence-electron chi connectivity index (χ2n) is 6.59. The van der Waals surface area contributed by atoms with Gasteiger partial charge in [0.1, 0.15) is 11.0 Å². The van der Waals surface area contributed by atoms with E-state index < -0.39 is 0 Å². The van der Waals surface area contributed by atoms with Crippen molar-refractivity contribution in [3.8, 4) is 17.2 Å². The Hall–Kier alpha value is -2.16. The van der Waals surface area contributed by atoms with Crippen LogP contribution in [0.5, 0.6) is 0 Å². The normalized spacial score (nSPS) is 11.3. The molecule has 3 aromatic heterocycles. The van der Waals surface area contributed by atoms with E-state index in [1.165, 1.54) is 0 Å². The van der Waals surface area contributed by atoms with Gasteiger partial charge in [0, 0.05) is 12.1 Å². The number of imidazole rings is 1. The summed E-state index contributed by atoms with van der Waals surface area (Å²) in [5, 5.41) is 15.0. The maximum Gasteiger partial charge on any atom is 0.196 e. The van der Waals surface area contributed by atoms with E-state index in [1.54, 1.807) is 0 Å². The number of halogens is 3. The van der Waals surface area contributed by atoms with Gasteiger partial charge in [-0.05, 0) is 62.6 Å². The predicted octanol–water partition coefficient (Wildman–Crippen LogP) is 5.31. The number of aromatic amines is 1. The lowest BCUT2D eigenvalue weighted by molar-refractivity contribution is 0.678. The van der Waals surface area contributed by atoms with Gasteiger partial charge in [-0.25, -0.2) is 10.1 Å². The van der Waals surface area contributed by atoms with Crippen molar-refractivity contribution in [1.29, 1.82) is 0 Å². The zero-order chi connectivity index (χ0) is 20.4. The maximum atomic E-state index is 6.39. The fourth-order valence-corrected chi connectivity index (χ4v) is 4.12. The van der Waals surface area contributed by atoms with Gasteiger partial charge in [-0.1, -0.05) is 48.7 Å². The van der Waals surface area contributed by atoms with Crippen LogP contribution < -0.4 is 0 Å². The van der Waals surface area contributed by atoms with Crippen LogP contribution in [0.3, 0.4) is 0 Å². The second kappa shape index (κ2) is 8.69. The molecule has 0 aliphatic heterocycles. The third-order valence-corrected chi connectivity index (χ3v) is 6.02. The third-order valence-electron chi connectivity index (χ3n) is 4.66. The molecule has 0 radical (unpaired) electrons. The van der Waals surface area contributed by atoms with E-state index in [9.17, 15) is 0 Å². The summed E-state index contributed by atoms with van der Waals surface area (Å²) in [6.45, 7) is 2.77. The van der Waals surface area contributed by atoms with Crippen molar-refractivity contribution in [1.82, 2.24) is 34.7 Å². The zero-order valence-corrected chi connectivity index (χ0v) is 18.7. The third kappa shape index (κ3) is 4.10. The van der Waals surface area contributed by atoms with Crippen LogP contribution in [-0.2, 0) is 13.0 Å². The Bertz CT molecular complexity index is 1100.